The van der Waals surface area contributed by atoms with Gasteiger partial charge in [0.05, 0.1) is 10.7 Å². The van der Waals surface area contributed by atoms with Gasteiger partial charge in [-0.15, -0.1) is 0 Å². The Morgan fingerprint density at radius 2 is 1.75 bits per heavy atom. The molecule has 0 radical (unpaired) electrons. The molecular weight excluding hydrogens is 453 g/mol. The first-order valence-electron chi connectivity index (χ1n) is 10.4. The van der Waals surface area contributed by atoms with E-state index >= 15 is 0 Å². The van der Waals surface area contributed by atoms with Crippen molar-refractivity contribution in [2.75, 3.05) is 24.5 Å². The number of carbonyl (C=O) groups excluding carboxylic acids is 3. The summed E-state index contributed by atoms with van der Waals surface area (Å²) < 4.78 is 5.74. The summed E-state index contributed by atoms with van der Waals surface area (Å²) in [5, 5.41) is 0.834. The van der Waals surface area contributed by atoms with Crippen LogP contribution in [0.2, 0.25) is 10.0 Å². The van der Waals surface area contributed by atoms with Crippen molar-refractivity contribution in [1.82, 2.24) is 9.80 Å². The maximum absolute atomic E-state index is 12.9. The van der Waals surface area contributed by atoms with E-state index in [4.69, 9.17) is 27.9 Å². The van der Waals surface area contributed by atoms with Crippen LogP contribution in [-0.4, -0.2) is 59.4 Å². The number of nitrogens with zero attached hydrogens (tertiary/aromatic N) is 3. The molecule has 0 aromatic heterocycles. The molecule has 0 bridgehead atoms. The fraction of sp³-hybridized carbons (Fsp3) is 0.348. The Bertz CT molecular complexity index is 1030. The summed E-state index contributed by atoms with van der Waals surface area (Å²) in [4.78, 5) is 42.8. The lowest BCUT2D eigenvalue weighted by Gasteiger charge is -2.37. The zero-order valence-electron chi connectivity index (χ0n) is 17.5. The summed E-state index contributed by atoms with van der Waals surface area (Å²) in [6.07, 6.45) is 0.484. The first kappa shape index (κ1) is 22.4. The number of anilines is 1. The van der Waals surface area contributed by atoms with E-state index in [-0.39, 0.29) is 30.4 Å². The Hall–Kier alpha value is -2.77. The Kier molecular flexibility index (Phi) is 6.58. The second-order valence-electron chi connectivity index (χ2n) is 7.87. The van der Waals surface area contributed by atoms with Crippen molar-refractivity contribution in [3.63, 3.8) is 0 Å². The standard InChI is InChI=1S/C23H23Cl2N3O4/c1-15(32-20-8-7-16(24)13-19(20)25)22(30)26-11-9-17(10-12-26)27-14-21(29)28(23(27)31)18-5-3-2-4-6-18/h2-8,13,15,17H,9-12,14H2,1H3. The minimum Gasteiger partial charge on any atom is -0.479 e. The fourth-order valence-corrected chi connectivity index (χ4v) is 4.56. The van der Waals surface area contributed by atoms with E-state index in [1.54, 1.807) is 59.2 Å². The highest BCUT2D eigenvalue weighted by Gasteiger charge is 2.42. The van der Waals surface area contributed by atoms with Gasteiger partial charge in [0.15, 0.2) is 6.10 Å². The lowest BCUT2D eigenvalue weighted by Crippen LogP contribution is -2.50. The van der Waals surface area contributed by atoms with Gasteiger partial charge >= 0.3 is 6.03 Å². The number of carbonyl (C=O) groups is 3. The van der Waals surface area contributed by atoms with E-state index < -0.39 is 6.10 Å². The van der Waals surface area contributed by atoms with Crippen LogP contribution < -0.4 is 9.64 Å². The van der Waals surface area contributed by atoms with Crippen molar-refractivity contribution in [1.29, 1.82) is 0 Å². The van der Waals surface area contributed by atoms with Crippen LogP contribution >= 0.6 is 23.2 Å². The third kappa shape index (κ3) is 4.54. The van der Waals surface area contributed by atoms with E-state index in [0.29, 0.717) is 47.4 Å². The maximum Gasteiger partial charge on any atom is 0.332 e. The number of rotatable bonds is 5. The quantitative estimate of drug-likeness (QED) is 0.606. The smallest absolute Gasteiger partial charge is 0.332 e. The monoisotopic (exact) mass is 475 g/mol. The number of piperidine rings is 1. The van der Waals surface area contributed by atoms with Crippen molar-refractivity contribution >= 4 is 46.7 Å². The topological polar surface area (TPSA) is 70.2 Å². The molecule has 168 valence electrons. The number of urea groups is 1. The van der Waals surface area contributed by atoms with Crippen molar-refractivity contribution in [3.8, 4) is 5.75 Å². The van der Waals surface area contributed by atoms with Crippen LogP contribution in [0, 0.1) is 0 Å². The molecule has 2 aromatic rings. The SMILES string of the molecule is CC(Oc1ccc(Cl)cc1Cl)C(=O)N1CCC(N2CC(=O)N(c3ccccc3)C2=O)CC1. The average Bonchev–Trinajstić information content (AvgIpc) is 3.09. The number of benzene rings is 2. The predicted molar refractivity (Wildman–Crippen MR) is 122 cm³/mol. The van der Waals surface area contributed by atoms with Crippen molar-refractivity contribution in [2.45, 2.75) is 31.9 Å². The van der Waals surface area contributed by atoms with Crippen LogP contribution in [0.5, 0.6) is 5.75 Å². The number of ether oxygens (including phenoxy) is 1. The van der Waals surface area contributed by atoms with E-state index in [9.17, 15) is 14.4 Å². The average molecular weight is 476 g/mol. The summed E-state index contributed by atoms with van der Waals surface area (Å²) in [5.74, 6) is 0.0137. The highest BCUT2D eigenvalue weighted by molar-refractivity contribution is 6.35. The second-order valence-corrected chi connectivity index (χ2v) is 8.71. The van der Waals surface area contributed by atoms with Crippen LogP contribution in [0.4, 0.5) is 10.5 Å². The highest BCUT2D eigenvalue weighted by Crippen LogP contribution is 2.29. The largest absolute Gasteiger partial charge is 0.479 e. The third-order valence-corrected chi connectivity index (χ3v) is 6.30. The molecule has 2 aliphatic heterocycles. The normalized spacial score (nSPS) is 18.3. The van der Waals surface area contributed by atoms with Gasteiger partial charge < -0.3 is 14.5 Å². The first-order chi connectivity index (χ1) is 15.3. The minimum absolute atomic E-state index is 0.0565. The molecule has 1 atom stereocenters. The van der Waals surface area contributed by atoms with E-state index in [2.05, 4.69) is 0 Å². The van der Waals surface area contributed by atoms with Crippen LogP contribution in [0.1, 0.15) is 19.8 Å². The van der Waals surface area contributed by atoms with Gasteiger partial charge in [-0.1, -0.05) is 41.4 Å². The molecule has 0 N–H and O–H groups in total. The molecule has 2 heterocycles. The van der Waals surface area contributed by atoms with Gasteiger partial charge in [0.1, 0.15) is 12.3 Å². The number of halogens is 2. The van der Waals surface area contributed by atoms with E-state index in [1.807, 2.05) is 6.07 Å². The van der Waals surface area contributed by atoms with Gasteiger partial charge in [0.25, 0.3) is 11.8 Å². The molecule has 0 spiro atoms. The molecule has 2 aliphatic rings. The zero-order valence-corrected chi connectivity index (χ0v) is 19.1. The number of hydrogen-bond acceptors (Lipinski definition) is 4. The zero-order chi connectivity index (χ0) is 22.8. The summed E-state index contributed by atoms with van der Waals surface area (Å²) in [6, 6.07) is 13.4. The lowest BCUT2D eigenvalue weighted by molar-refractivity contribution is -0.139. The molecule has 0 aliphatic carbocycles. The summed E-state index contributed by atoms with van der Waals surface area (Å²) in [5.41, 5.74) is 0.574. The molecule has 7 nitrogen and oxygen atoms in total. The highest BCUT2D eigenvalue weighted by atomic mass is 35.5. The van der Waals surface area contributed by atoms with Gasteiger partial charge in [-0.3, -0.25) is 9.59 Å². The maximum atomic E-state index is 12.9. The van der Waals surface area contributed by atoms with Crippen LogP contribution in [-0.2, 0) is 9.59 Å². The molecule has 32 heavy (non-hydrogen) atoms. The summed E-state index contributed by atoms with van der Waals surface area (Å²) >= 11 is 12.0. The van der Waals surface area contributed by atoms with Crippen molar-refractivity contribution in [2.24, 2.45) is 0 Å². The van der Waals surface area contributed by atoms with Crippen molar-refractivity contribution < 1.29 is 19.1 Å². The number of imide groups is 1. The third-order valence-electron chi connectivity index (χ3n) is 5.77. The lowest BCUT2D eigenvalue weighted by atomic mass is 10.0. The van der Waals surface area contributed by atoms with Gasteiger partial charge in [-0.2, -0.15) is 0 Å². The van der Waals surface area contributed by atoms with Gasteiger partial charge in [-0.05, 0) is 50.1 Å². The molecule has 9 heteroatoms. The van der Waals surface area contributed by atoms with Crippen LogP contribution in [0.15, 0.2) is 48.5 Å². The number of likely N-dealkylation sites (tertiary alicyclic amines) is 1. The number of hydrogen-bond donors (Lipinski definition) is 0. The second kappa shape index (κ2) is 9.38. The van der Waals surface area contributed by atoms with E-state index in [1.165, 1.54) is 4.90 Å². The Labute approximate surface area is 196 Å². The fourth-order valence-electron chi connectivity index (χ4n) is 4.10. The van der Waals surface area contributed by atoms with Gasteiger partial charge in [-0.25, -0.2) is 9.69 Å². The Morgan fingerprint density at radius 3 is 2.41 bits per heavy atom. The van der Waals surface area contributed by atoms with Crippen LogP contribution in [0.25, 0.3) is 0 Å². The number of para-hydroxylation sites is 1. The molecule has 2 saturated heterocycles. The Morgan fingerprint density at radius 1 is 1.06 bits per heavy atom. The molecule has 4 amide bonds. The number of amides is 4. The Balaban J connectivity index is 1.34. The molecule has 0 saturated carbocycles. The van der Waals surface area contributed by atoms with Gasteiger partial charge in [0.2, 0.25) is 0 Å². The van der Waals surface area contributed by atoms with E-state index in [0.717, 1.165) is 0 Å². The molecular formula is C23H23Cl2N3O4. The first-order valence-corrected chi connectivity index (χ1v) is 11.2. The van der Waals surface area contributed by atoms with Gasteiger partial charge in [0, 0.05) is 24.2 Å². The van der Waals surface area contributed by atoms with Crippen molar-refractivity contribution in [3.05, 3.63) is 58.6 Å². The molecule has 2 aromatic carbocycles. The molecule has 4 rings (SSSR count). The minimum atomic E-state index is -0.714. The predicted octanol–water partition coefficient (Wildman–Crippen LogP) is 4.22. The summed E-state index contributed by atoms with van der Waals surface area (Å²) in [6.45, 7) is 2.70. The molecule has 2 fully saturated rings. The summed E-state index contributed by atoms with van der Waals surface area (Å²) in [7, 11) is 0. The molecule has 1 unspecified atom stereocenters. The van der Waals surface area contributed by atoms with Crippen LogP contribution in [0.3, 0.4) is 0 Å².